The van der Waals surface area contributed by atoms with Gasteiger partial charge in [-0.1, -0.05) is 54.1 Å². The number of amides is 1. The summed E-state index contributed by atoms with van der Waals surface area (Å²) >= 11 is 5.97. The predicted octanol–water partition coefficient (Wildman–Crippen LogP) is 4.32. The molecule has 0 unspecified atom stereocenters. The molecule has 0 aliphatic rings. The highest BCUT2D eigenvalue weighted by Crippen LogP contribution is 2.23. The molecule has 0 heterocycles. The number of nitrogens with one attached hydrogen (secondary N) is 1. The van der Waals surface area contributed by atoms with Crippen molar-refractivity contribution in [1.82, 2.24) is 5.32 Å². The quantitative estimate of drug-likeness (QED) is 0.624. The van der Waals surface area contributed by atoms with E-state index in [1.165, 1.54) is 24.3 Å². The van der Waals surface area contributed by atoms with Crippen LogP contribution >= 0.6 is 11.6 Å². The molecule has 0 radical (unpaired) electrons. The number of carboxylic acids is 1. The molecular formula is C22H18ClNO4. The van der Waals surface area contributed by atoms with Gasteiger partial charge in [0, 0.05) is 5.02 Å². The fraction of sp³-hybridized carbons (Fsp3) is 0.0909. The van der Waals surface area contributed by atoms with E-state index in [0.717, 1.165) is 11.1 Å². The second kappa shape index (κ2) is 9.06. The topological polar surface area (TPSA) is 75.6 Å². The molecule has 3 aromatic rings. The fourth-order valence-corrected chi connectivity index (χ4v) is 2.83. The van der Waals surface area contributed by atoms with Gasteiger partial charge in [-0.2, -0.15) is 0 Å². The Bertz CT molecular complexity index is 941. The number of hydrogen-bond acceptors (Lipinski definition) is 3. The summed E-state index contributed by atoms with van der Waals surface area (Å²) in [7, 11) is 0. The molecule has 3 rings (SSSR count). The van der Waals surface area contributed by atoms with Crippen molar-refractivity contribution in [3.63, 3.8) is 0 Å². The maximum atomic E-state index is 12.5. The molecule has 1 atom stereocenters. The molecule has 28 heavy (non-hydrogen) atoms. The van der Waals surface area contributed by atoms with Crippen molar-refractivity contribution in [2.75, 3.05) is 6.61 Å². The van der Waals surface area contributed by atoms with E-state index in [4.69, 9.17) is 21.4 Å². The van der Waals surface area contributed by atoms with Crippen molar-refractivity contribution in [2.45, 2.75) is 6.04 Å². The van der Waals surface area contributed by atoms with Gasteiger partial charge < -0.3 is 15.2 Å². The standard InChI is InChI=1S/C22H18ClNO4/c23-18-10-6-16(7-11-18)21(15-4-2-1-3-5-15)24-20(25)14-28-19-12-8-17(9-13-19)22(26)27/h1-13,21H,14H2,(H,24,25)(H,26,27)/t21-/m0/s1. The minimum atomic E-state index is -1.02. The highest BCUT2D eigenvalue weighted by molar-refractivity contribution is 6.30. The average molecular weight is 396 g/mol. The number of aromatic carboxylic acids is 1. The van der Waals surface area contributed by atoms with Crippen molar-refractivity contribution < 1.29 is 19.4 Å². The largest absolute Gasteiger partial charge is 0.484 e. The monoisotopic (exact) mass is 395 g/mol. The number of halogens is 1. The summed E-state index contributed by atoms with van der Waals surface area (Å²) in [4.78, 5) is 23.3. The lowest BCUT2D eigenvalue weighted by molar-refractivity contribution is -0.123. The molecule has 0 aliphatic heterocycles. The third kappa shape index (κ3) is 5.11. The highest BCUT2D eigenvalue weighted by Gasteiger charge is 2.17. The zero-order chi connectivity index (χ0) is 19.9. The smallest absolute Gasteiger partial charge is 0.335 e. The minimum Gasteiger partial charge on any atom is -0.484 e. The second-order valence-corrected chi connectivity index (χ2v) is 6.52. The van der Waals surface area contributed by atoms with Crippen LogP contribution in [0.2, 0.25) is 5.02 Å². The molecule has 0 bridgehead atoms. The first-order valence-corrected chi connectivity index (χ1v) is 8.96. The molecule has 0 saturated carbocycles. The van der Waals surface area contributed by atoms with Gasteiger partial charge in [0.1, 0.15) is 5.75 Å². The van der Waals surface area contributed by atoms with Gasteiger partial charge >= 0.3 is 5.97 Å². The Morgan fingerprint density at radius 2 is 1.50 bits per heavy atom. The van der Waals surface area contributed by atoms with Gasteiger partial charge in [0.15, 0.2) is 6.61 Å². The number of ether oxygens (including phenoxy) is 1. The normalized spacial score (nSPS) is 11.5. The summed E-state index contributed by atoms with van der Waals surface area (Å²) in [6.07, 6.45) is 0. The van der Waals surface area contributed by atoms with Crippen LogP contribution in [0.5, 0.6) is 5.75 Å². The van der Waals surface area contributed by atoms with Crippen LogP contribution in [0.1, 0.15) is 27.5 Å². The molecule has 6 heteroatoms. The first-order chi connectivity index (χ1) is 13.5. The minimum absolute atomic E-state index is 0.156. The maximum Gasteiger partial charge on any atom is 0.335 e. The zero-order valence-electron chi connectivity index (χ0n) is 14.8. The van der Waals surface area contributed by atoms with Crippen LogP contribution < -0.4 is 10.1 Å². The zero-order valence-corrected chi connectivity index (χ0v) is 15.6. The van der Waals surface area contributed by atoms with Crippen LogP contribution in [0.15, 0.2) is 78.9 Å². The molecule has 3 aromatic carbocycles. The molecule has 0 spiro atoms. The van der Waals surface area contributed by atoms with Gasteiger partial charge in [-0.15, -0.1) is 0 Å². The van der Waals surface area contributed by atoms with E-state index in [9.17, 15) is 9.59 Å². The van der Waals surface area contributed by atoms with Crippen LogP contribution in [-0.2, 0) is 4.79 Å². The summed E-state index contributed by atoms with van der Waals surface area (Å²) in [5.41, 5.74) is 1.99. The van der Waals surface area contributed by atoms with Crippen LogP contribution in [0.3, 0.4) is 0 Å². The lowest BCUT2D eigenvalue weighted by atomic mass is 9.99. The molecule has 5 nitrogen and oxygen atoms in total. The van der Waals surface area contributed by atoms with Gasteiger partial charge in [-0.3, -0.25) is 4.79 Å². The van der Waals surface area contributed by atoms with Crippen molar-refractivity contribution in [3.8, 4) is 5.75 Å². The lowest BCUT2D eigenvalue weighted by Gasteiger charge is -2.20. The van der Waals surface area contributed by atoms with Crippen LogP contribution in [-0.4, -0.2) is 23.6 Å². The average Bonchev–Trinajstić information content (AvgIpc) is 2.72. The van der Waals surface area contributed by atoms with Crippen molar-refractivity contribution >= 4 is 23.5 Å². The van der Waals surface area contributed by atoms with E-state index in [2.05, 4.69) is 5.32 Å². The van der Waals surface area contributed by atoms with Gasteiger partial charge in [0.25, 0.3) is 5.91 Å². The molecule has 2 N–H and O–H groups in total. The van der Waals surface area contributed by atoms with Gasteiger partial charge in [0.05, 0.1) is 11.6 Å². The maximum absolute atomic E-state index is 12.5. The first-order valence-electron chi connectivity index (χ1n) is 8.59. The van der Waals surface area contributed by atoms with Crippen molar-refractivity contribution in [2.24, 2.45) is 0 Å². The molecule has 142 valence electrons. The highest BCUT2D eigenvalue weighted by atomic mass is 35.5. The summed E-state index contributed by atoms with van der Waals surface area (Å²) in [5.74, 6) is -0.896. The van der Waals surface area contributed by atoms with E-state index in [-0.39, 0.29) is 24.1 Å². The molecule has 0 aromatic heterocycles. The third-order valence-electron chi connectivity index (χ3n) is 4.11. The number of rotatable bonds is 7. The van der Waals surface area contributed by atoms with E-state index >= 15 is 0 Å². The third-order valence-corrected chi connectivity index (χ3v) is 4.36. The Kier molecular flexibility index (Phi) is 6.29. The Morgan fingerprint density at radius 3 is 2.11 bits per heavy atom. The Balaban J connectivity index is 1.69. The second-order valence-electron chi connectivity index (χ2n) is 6.08. The Labute approximate surface area is 167 Å². The Hall–Kier alpha value is -3.31. The molecular weight excluding hydrogens is 378 g/mol. The van der Waals surface area contributed by atoms with E-state index in [1.807, 2.05) is 42.5 Å². The van der Waals surface area contributed by atoms with Gasteiger partial charge in [-0.25, -0.2) is 4.79 Å². The Morgan fingerprint density at radius 1 is 0.893 bits per heavy atom. The number of carboxylic acid groups (broad SMARTS) is 1. The van der Waals surface area contributed by atoms with E-state index < -0.39 is 5.97 Å². The van der Waals surface area contributed by atoms with Crippen molar-refractivity contribution in [3.05, 3.63) is 101 Å². The van der Waals surface area contributed by atoms with E-state index in [1.54, 1.807) is 12.1 Å². The van der Waals surface area contributed by atoms with Crippen LogP contribution in [0.4, 0.5) is 0 Å². The summed E-state index contributed by atoms with van der Waals surface area (Å²) in [5, 5.41) is 12.5. The molecule has 1 amide bonds. The number of hydrogen-bond donors (Lipinski definition) is 2. The predicted molar refractivity (Wildman–Crippen MR) is 107 cm³/mol. The van der Waals surface area contributed by atoms with Gasteiger partial charge in [-0.05, 0) is 47.5 Å². The SMILES string of the molecule is O=C(COc1ccc(C(=O)O)cc1)N[C@@H](c1ccccc1)c1ccc(Cl)cc1. The van der Waals surface area contributed by atoms with Gasteiger partial charge in [0.2, 0.25) is 0 Å². The molecule has 0 fully saturated rings. The van der Waals surface area contributed by atoms with E-state index in [0.29, 0.717) is 10.8 Å². The number of carbonyl (C=O) groups is 2. The number of carbonyl (C=O) groups excluding carboxylic acids is 1. The molecule has 0 saturated heterocycles. The number of benzene rings is 3. The summed E-state index contributed by atoms with van der Waals surface area (Å²) in [6.45, 7) is -0.191. The van der Waals surface area contributed by atoms with Crippen LogP contribution in [0, 0.1) is 0 Å². The summed E-state index contributed by atoms with van der Waals surface area (Å²) in [6, 6.07) is 22.4. The summed E-state index contributed by atoms with van der Waals surface area (Å²) < 4.78 is 5.47. The molecule has 0 aliphatic carbocycles. The van der Waals surface area contributed by atoms with Crippen LogP contribution in [0.25, 0.3) is 0 Å². The van der Waals surface area contributed by atoms with Crippen molar-refractivity contribution in [1.29, 1.82) is 0 Å². The lowest BCUT2D eigenvalue weighted by Crippen LogP contribution is -2.33. The first kappa shape index (κ1) is 19.5. The fourth-order valence-electron chi connectivity index (χ4n) is 2.71.